The molecule has 0 N–H and O–H groups in total. The first kappa shape index (κ1) is 13.6. The van der Waals surface area contributed by atoms with Gasteiger partial charge in [0.05, 0.1) is 9.16 Å². The second kappa shape index (κ2) is 5.43. The Bertz CT molecular complexity index is 509. The van der Waals surface area contributed by atoms with Gasteiger partial charge in [-0.15, -0.1) is 22.9 Å². The van der Waals surface area contributed by atoms with Gasteiger partial charge in [0.15, 0.2) is 0 Å². The van der Waals surface area contributed by atoms with Gasteiger partial charge in [-0.05, 0) is 64.7 Å². The van der Waals surface area contributed by atoms with Crippen LogP contribution in [0.25, 0.3) is 0 Å². The van der Waals surface area contributed by atoms with Crippen LogP contribution in [0.3, 0.4) is 0 Å². The molecule has 1 unspecified atom stereocenters. The van der Waals surface area contributed by atoms with Crippen molar-refractivity contribution in [1.82, 2.24) is 0 Å². The zero-order valence-corrected chi connectivity index (χ0v) is 14.2. The highest BCUT2D eigenvalue weighted by molar-refractivity contribution is 9.11. The van der Waals surface area contributed by atoms with Gasteiger partial charge in [-0.25, -0.2) is 0 Å². The van der Waals surface area contributed by atoms with Crippen LogP contribution >= 0.6 is 54.8 Å². The second-order valence-corrected chi connectivity index (χ2v) is 7.78. The Morgan fingerprint density at radius 1 is 1.12 bits per heavy atom. The van der Waals surface area contributed by atoms with Crippen molar-refractivity contribution < 1.29 is 0 Å². The highest BCUT2D eigenvalue weighted by Crippen LogP contribution is 2.38. The molecule has 0 aliphatic carbocycles. The van der Waals surface area contributed by atoms with Gasteiger partial charge >= 0.3 is 0 Å². The molecule has 0 fully saturated rings. The van der Waals surface area contributed by atoms with E-state index in [1.807, 2.05) is 0 Å². The maximum Gasteiger partial charge on any atom is 0.0928 e. The first-order valence-electron chi connectivity index (χ1n) is 5.14. The van der Waals surface area contributed by atoms with Crippen LogP contribution in [-0.4, -0.2) is 0 Å². The highest BCUT2D eigenvalue weighted by atomic mass is 79.9. The van der Waals surface area contributed by atoms with E-state index < -0.39 is 0 Å². The molecule has 0 nitrogen and oxygen atoms in total. The molecule has 2 aromatic rings. The summed E-state index contributed by atoms with van der Waals surface area (Å²) in [7, 11) is 0. The topological polar surface area (TPSA) is 0 Å². The fraction of sp³-hybridized carbons (Fsp3) is 0.231. The van der Waals surface area contributed by atoms with E-state index >= 15 is 0 Å². The molecule has 1 heterocycles. The molecule has 1 aromatic carbocycles. The van der Waals surface area contributed by atoms with Crippen molar-refractivity contribution in [2.45, 2.75) is 19.2 Å². The summed E-state index contributed by atoms with van der Waals surface area (Å²) >= 11 is 15.3. The minimum Gasteiger partial charge on any atom is -0.131 e. The van der Waals surface area contributed by atoms with Crippen LogP contribution in [0, 0.1) is 13.8 Å². The Hall–Kier alpha value is 0.170. The number of alkyl halides is 1. The van der Waals surface area contributed by atoms with Crippen LogP contribution in [0.5, 0.6) is 0 Å². The van der Waals surface area contributed by atoms with Gasteiger partial charge < -0.3 is 0 Å². The summed E-state index contributed by atoms with van der Waals surface area (Å²) in [6, 6.07) is 8.43. The van der Waals surface area contributed by atoms with Crippen LogP contribution in [0.1, 0.15) is 26.9 Å². The van der Waals surface area contributed by atoms with Crippen molar-refractivity contribution in [2.24, 2.45) is 0 Å². The summed E-state index contributed by atoms with van der Waals surface area (Å²) < 4.78 is 2.23. The quantitative estimate of drug-likeness (QED) is 0.531. The van der Waals surface area contributed by atoms with E-state index in [0.717, 1.165) is 13.8 Å². The van der Waals surface area contributed by atoms with E-state index in [0.29, 0.717) is 0 Å². The van der Waals surface area contributed by atoms with Crippen LogP contribution in [0.15, 0.2) is 32.5 Å². The standard InChI is InChI=1S/C13H11Br2ClS/c1-7-3-9(6-10(14)4-7)12(16)11-5-8(2)13(15)17-11/h3-6,12H,1-2H3. The number of rotatable bonds is 2. The fourth-order valence-corrected chi connectivity index (χ4v) is 4.21. The first-order chi connectivity index (χ1) is 7.97. The predicted octanol–water partition coefficient (Wildman–Crippen LogP) is 6.22. The molecule has 0 saturated carbocycles. The van der Waals surface area contributed by atoms with Gasteiger partial charge in [-0.3, -0.25) is 0 Å². The van der Waals surface area contributed by atoms with E-state index in [1.54, 1.807) is 11.3 Å². The highest BCUT2D eigenvalue weighted by Gasteiger charge is 2.15. The summed E-state index contributed by atoms with van der Waals surface area (Å²) in [6.45, 7) is 4.16. The van der Waals surface area contributed by atoms with E-state index in [2.05, 4.69) is 70.0 Å². The number of hydrogen-bond acceptors (Lipinski definition) is 1. The van der Waals surface area contributed by atoms with Crippen molar-refractivity contribution in [2.75, 3.05) is 0 Å². The predicted molar refractivity (Wildman–Crippen MR) is 83.3 cm³/mol. The summed E-state index contributed by atoms with van der Waals surface area (Å²) in [5, 5.41) is -0.0822. The number of aryl methyl sites for hydroxylation is 2. The van der Waals surface area contributed by atoms with E-state index in [9.17, 15) is 0 Å². The van der Waals surface area contributed by atoms with E-state index in [1.165, 1.54) is 16.0 Å². The maximum absolute atomic E-state index is 6.53. The molecule has 0 aliphatic heterocycles. The molecule has 2 rings (SSSR count). The van der Waals surface area contributed by atoms with Crippen LogP contribution in [0.4, 0.5) is 0 Å². The van der Waals surface area contributed by atoms with Crippen molar-refractivity contribution in [3.63, 3.8) is 0 Å². The Morgan fingerprint density at radius 3 is 2.35 bits per heavy atom. The minimum absolute atomic E-state index is 0.0822. The van der Waals surface area contributed by atoms with Crippen LogP contribution < -0.4 is 0 Å². The normalized spacial score (nSPS) is 12.8. The molecule has 0 aliphatic rings. The van der Waals surface area contributed by atoms with Gasteiger partial charge in [-0.2, -0.15) is 0 Å². The van der Waals surface area contributed by atoms with Crippen molar-refractivity contribution in [1.29, 1.82) is 0 Å². The third kappa shape index (κ3) is 3.14. The Morgan fingerprint density at radius 2 is 1.82 bits per heavy atom. The molecule has 0 spiro atoms. The molecule has 90 valence electrons. The van der Waals surface area contributed by atoms with Gasteiger partial charge in [0.2, 0.25) is 0 Å². The Balaban J connectivity index is 2.39. The first-order valence-corrected chi connectivity index (χ1v) is 7.98. The van der Waals surface area contributed by atoms with E-state index in [4.69, 9.17) is 11.6 Å². The zero-order valence-electron chi connectivity index (χ0n) is 9.43. The largest absolute Gasteiger partial charge is 0.131 e. The zero-order chi connectivity index (χ0) is 12.6. The summed E-state index contributed by atoms with van der Waals surface area (Å²) in [6.07, 6.45) is 0. The molecule has 0 amide bonds. The maximum atomic E-state index is 6.53. The lowest BCUT2D eigenvalue weighted by Crippen LogP contribution is -1.91. The minimum atomic E-state index is -0.0822. The van der Waals surface area contributed by atoms with Gasteiger partial charge in [0.25, 0.3) is 0 Å². The summed E-state index contributed by atoms with van der Waals surface area (Å²) in [5.74, 6) is 0. The Kier molecular flexibility index (Phi) is 4.35. The average Bonchev–Trinajstić information content (AvgIpc) is 2.57. The molecule has 0 saturated heterocycles. The van der Waals surface area contributed by atoms with Gasteiger partial charge in [0.1, 0.15) is 0 Å². The Labute approximate surface area is 127 Å². The van der Waals surface area contributed by atoms with Crippen molar-refractivity contribution in [3.05, 3.63) is 54.1 Å². The SMILES string of the molecule is Cc1cc(Br)cc(C(Cl)c2cc(C)c(Br)s2)c1. The summed E-state index contributed by atoms with van der Waals surface area (Å²) in [5.41, 5.74) is 3.59. The number of benzene rings is 1. The molecule has 17 heavy (non-hydrogen) atoms. The van der Waals surface area contributed by atoms with Gasteiger partial charge in [-0.1, -0.05) is 22.0 Å². The number of hydrogen-bond donors (Lipinski definition) is 0. The lowest BCUT2D eigenvalue weighted by atomic mass is 10.1. The molecule has 0 bridgehead atoms. The molecule has 1 atom stereocenters. The molecule has 0 radical (unpaired) electrons. The third-order valence-electron chi connectivity index (χ3n) is 2.48. The number of halogens is 3. The lowest BCUT2D eigenvalue weighted by Gasteiger charge is -2.09. The smallest absolute Gasteiger partial charge is 0.0928 e. The van der Waals surface area contributed by atoms with Crippen molar-refractivity contribution in [3.8, 4) is 0 Å². The van der Waals surface area contributed by atoms with Crippen LogP contribution in [-0.2, 0) is 0 Å². The van der Waals surface area contributed by atoms with Crippen molar-refractivity contribution >= 4 is 54.8 Å². The molecular formula is C13H11Br2ClS. The fourth-order valence-electron chi connectivity index (χ4n) is 1.68. The van der Waals surface area contributed by atoms with E-state index in [-0.39, 0.29) is 5.38 Å². The number of thiophene rings is 1. The molecular weight excluding hydrogens is 383 g/mol. The summed E-state index contributed by atoms with van der Waals surface area (Å²) in [4.78, 5) is 1.17. The second-order valence-electron chi connectivity index (χ2n) is 4.03. The average molecular weight is 395 g/mol. The molecule has 1 aromatic heterocycles. The van der Waals surface area contributed by atoms with Crippen LogP contribution in [0.2, 0.25) is 0 Å². The lowest BCUT2D eigenvalue weighted by molar-refractivity contribution is 1.16. The molecule has 4 heteroatoms. The third-order valence-corrected chi connectivity index (χ3v) is 5.76. The van der Waals surface area contributed by atoms with Gasteiger partial charge in [0, 0.05) is 9.35 Å². The monoisotopic (exact) mass is 392 g/mol.